The number of hydrogen-bond acceptors (Lipinski definition) is 2. The van der Waals surface area contributed by atoms with Crippen LogP contribution in [0.3, 0.4) is 0 Å². The molecule has 1 saturated heterocycles. The highest BCUT2D eigenvalue weighted by Gasteiger charge is 2.29. The quantitative estimate of drug-likeness (QED) is 0.709. The number of nitrogens with zero attached hydrogens (tertiary/aromatic N) is 1. The molecular weight excluding hydrogens is 306 g/mol. The highest BCUT2D eigenvalue weighted by atomic mass is 16.1. The minimum Gasteiger partial charge on any atom is -0.295 e. The Balaban J connectivity index is 1.64. The number of likely N-dealkylation sites (tertiary alicyclic amines) is 1. The van der Waals surface area contributed by atoms with Crippen LogP contribution >= 0.6 is 0 Å². The maximum Gasteiger partial charge on any atom is 0.176 e. The number of rotatable bonds is 6. The Bertz CT molecular complexity index is 694. The molecule has 2 aromatic carbocycles. The Labute approximate surface area is 151 Å². The Morgan fingerprint density at radius 3 is 2.60 bits per heavy atom. The van der Waals surface area contributed by atoms with Crippen LogP contribution in [0, 0.1) is 18.8 Å². The summed E-state index contributed by atoms with van der Waals surface area (Å²) in [6.45, 7) is 6.97. The second-order valence-corrected chi connectivity index (χ2v) is 7.43. The molecule has 0 saturated carbocycles. The van der Waals surface area contributed by atoms with E-state index in [1.165, 1.54) is 18.4 Å². The monoisotopic (exact) mass is 335 g/mol. The van der Waals surface area contributed by atoms with E-state index in [2.05, 4.69) is 42.2 Å². The molecule has 2 atom stereocenters. The van der Waals surface area contributed by atoms with Gasteiger partial charge in [-0.1, -0.05) is 67.4 Å². The maximum absolute atomic E-state index is 12.6. The van der Waals surface area contributed by atoms with E-state index in [1.807, 2.05) is 31.2 Å². The minimum atomic E-state index is 0.247. The van der Waals surface area contributed by atoms with Crippen molar-refractivity contribution in [2.24, 2.45) is 11.8 Å². The molecule has 0 radical (unpaired) electrons. The van der Waals surface area contributed by atoms with Gasteiger partial charge in [-0.05, 0) is 49.8 Å². The zero-order valence-electron chi connectivity index (χ0n) is 15.4. The fraction of sp³-hybridized carbons (Fsp3) is 0.435. The summed E-state index contributed by atoms with van der Waals surface area (Å²) in [7, 11) is 0. The fourth-order valence-corrected chi connectivity index (χ4v) is 4.10. The lowest BCUT2D eigenvalue weighted by Gasteiger charge is -2.38. The van der Waals surface area contributed by atoms with E-state index < -0.39 is 0 Å². The Morgan fingerprint density at radius 1 is 1.08 bits per heavy atom. The van der Waals surface area contributed by atoms with Crippen molar-refractivity contribution in [1.29, 1.82) is 0 Å². The second-order valence-electron chi connectivity index (χ2n) is 7.43. The van der Waals surface area contributed by atoms with Gasteiger partial charge >= 0.3 is 0 Å². The van der Waals surface area contributed by atoms with Crippen LogP contribution < -0.4 is 0 Å². The summed E-state index contributed by atoms with van der Waals surface area (Å²) < 4.78 is 0. The van der Waals surface area contributed by atoms with E-state index in [0.29, 0.717) is 12.5 Å². The summed E-state index contributed by atoms with van der Waals surface area (Å²) in [4.78, 5) is 15.0. The van der Waals surface area contributed by atoms with Crippen molar-refractivity contribution in [2.45, 2.75) is 33.1 Å². The predicted octanol–water partition coefficient (Wildman–Crippen LogP) is 4.77. The van der Waals surface area contributed by atoms with Crippen molar-refractivity contribution < 1.29 is 4.79 Å². The highest BCUT2D eigenvalue weighted by Crippen LogP contribution is 2.29. The normalized spacial score (nSPS) is 21.2. The van der Waals surface area contributed by atoms with Gasteiger partial charge in [0.25, 0.3) is 0 Å². The minimum absolute atomic E-state index is 0.247. The lowest BCUT2D eigenvalue weighted by Crippen LogP contribution is -2.43. The van der Waals surface area contributed by atoms with Crippen LogP contribution in [0.15, 0.2) is 54.6 Å². The molecule has 0 aliphatic carbocycles. The third kappa shape index (κ3) is 4.79. The van der Waals surface area contributed by atoms with E-state index in [-0.39, 0.29) is 5.78 Å². The van der Waals surface area contributed by atoms with Gasteiger partial charge in [0.2, 0.25) is 0 Å². The Morgan fingerprint density at radius 2 is 1.88 bits per heavy atom. The van der Waals surface area contributed by atoms with E-state index >= 15 is 0 Å². The lowest BCUT2D eigenvalue weighted by atomic mass is 9.80. The van der Waals surface area contributed by atoms with Crippen LogP contribution in [0.25, 0.3) is 0 Å². The van der Waals surface area contributed by atoms with Crippen LogP contribution in [-0.4, -0.2) is 30.3 Å². The van der Waals surface area contributed by atoms with Gasteiger partial charge in [0, 0.05) is 12.1 Å². The number of carbonyl (C=O) groups is 1. The molecule has 0 amide bonds. The number of piperidine rings is 1. The average molecular weight is 335 g/mol. The van der Waals surface area contributed by atoms with Crippen LogP contribution in [0.5, 0.6) is 0 Å². The first-order valence-corrected chi connectivity index (χ1v) is 9.52. The number of aryl methyl sites for hydroxylation is 1. The van der Waals surface area contributed by atoms with Crippen molar-refractivity contribution in [1.82, 2.24) is 4.90 Å². The molecule has 132 valence electrons. The smallest absolute Gasteiger partial charge is 0.176 e. The summed E-state index contributed by atoms with van der Waals surface area (Å²) in [5, 5.41) is 0. The van der Waals surface area contributed by atoms with Crippen molar-refractivity contribution in [3.8, 4) is 0 Å². The standard InChI is InChI=1S/C23H29NO/c1-3-20-12-13-24(16-22(20)15-19-9-5-4-6-10-19)17-23(25)21-11-7-8-18(2)14-21/h4-11,14,20,22H,3,12-13,15-17H2,1-2H3/t20?,22-/m0/s1. The van der Waals surface area contributed by atoms with E-state index in [4.69, 9.17) is 0 Å². The van der Waals surface area contributed by atoms with E-state index in [1.54, 1.807) is 0 Å². The van der Waals surface area contributed by atoms with Crippen molar-refractivity contribution in [2.75, 3.05) is 19.6 Å². The van der Waals surface area contributed by atoms with Crippen molar-refractivity contribution in [3.63, 3.8) is 0 Å². The molecule has 0 N–H and O–H groups in total. The predicted molar refractivity (Wildman–Crippen MR) is 104 cm³/mol. The maximum atomic E-state index is 12.6. The van der Waals surface area contributed by atoms with Crippen LogP contribution in [0.1, 0.15) is 41.3 Å². The van der Waals surface area contributed by atoms with Gasteiger partial charge < -0.3 is 0 Å². The van der Waals surface area contributed by atoms with Gasteiger partial charge in [0.1, 0.15) is 0 Å². The molecule has 0 spiro atoms. The molecule has 2 heteroatoms. The number of carbonyl (C=O) groups excluding carboxylic acids is 1. The lowest BCUT2D eigenvalue weighted by molar-refractivity contribution is 0.0808. The van der Waals surface area contributed by atoms with Gasteiger partial charge in [0.05, 0.1) is 6.54 Å². The summed E-state index contributed by atoms with van der Waals surface area (Å²) >= 11 is 0. The zero-order valence-corrected chi connectivity index (χ0v) is 15.4. The zero-order chi connectivity index (χ0) is 17.6. The van der Waals surface area contributed by atoms with Crippen molar-refractivity contribution in [3.05, 3.63) is 71.3 Å². The highest BCUT2D eigenvalue weighted by molar-refractivity contribution is 5.97. The molecule has 25 heavy (non-hydrogen) atoms. The molecule has 0 bridgehead atoms. The molecule has 1 heterocycles. The van der Waals surface area contributed by atoms with E-state index in [0.717, 1.165) is 36.6 Å². The summed E-state index contributed by atoms with van der Waals surface area (Å²) in [6, 6.07) is 18.7. The van der Waals surface area contributed by atoms with Gasteiger partial charge in [-0.3, -0.25) is 9.69 Å². The molecule has 2 aromatic rings. The summed E-state index contributed by atoms with van der Waals surface area (Å²) in [6.07, 6.45) is 3.56. The summed E-state index contributed by atoms with van der Waals surface area (Å²) in [5.74, 6) is 1.66. The second kappa shape index (κ2) is 8.44. The SMILES string of the molecule is CCC1CCN(CC(=O)c2cccc(C)c2)C[C@@H]1Cc1ccccc1. The summed E-state index contributed by atoms with van der Waals surface area (Å²) in [5.41, 5.74) is 3.41. The molecule has 1 unspecified atom stereocenters. The van der Waals surface area contributed by atoms with Gasteiger partial charge in [-0.2, -0.15) is 0 Å². The Kier molecular flexibility index (Phi) is 6.04. The van der Waals surface area contributed by atoms with Gasteiger partial charge in [-0.15, -0.1) is 0 Å². The first-order chi connectivity index (χ1) is 12.2. The number of ketones is 1. The molecule has 1 aliphatic rings. The Hall–Kier alpha value is -1.93. The van der Waals surface area contributed by atoms with Crippen LogP contribution in [0.2, 0.25) is 0 Å². The number of benzene rings is 2. The largest absolute Gasteiger partial charge is 0.295 e. The topological polar surface area (TPSA) is 20.3 Å². The number of hydrogen-bond donors (Lipinski definition) is 0. The van der Waals surface area contributed by atoms with Gasteiger partial charge in [-0.25, -0.2) is 0 Å². The van der Waals surface area contributed by atoms with E-state index in [9.17, 15) is 4.79 Å². The molecular formula is C23H29NO. The average Bonchev–Trinajstić information content (AvgIpc) is 2.63. The number of Topliss-reactive ketones (excluding diaryl/α,β-unsaturated/α-hetero) is 1. The molecule has 0 aromatic heterocycles. The molecule has 3 rings (SSSR count). The van der Waals surface area contributed by atoms with Crippen LogP contribution in [-0.2, 0) is 6.42 Å². The molecule has 1 aliphatic heterocycles. The molecule has 2 nitrogen and oxygen atoms in total. The van der Waals surface area contributed by atoms with Gasteiger partial charge in [0.15, 0.2) is 5.78 Å². The first kappa shape index (κ1) is 17.9. The first-order valence-electron chi connectivity index (χ1n) is 9.52. The fourth-order valence-electron chi connectivity index (χ4n) is 4.10. The third-order valence-corrected chi connectivity index (χ3v) is 5.55. The van der Waals surface area contributed by atoms with Crippen LogP contribution in [0.4, 0.5) is 0 Å². The molecule has 1 fully saturated rings. The van der Waals surface area contributed by atoms with Crippen molar-refractivity contribution >= 4 is 5.78 Å². The third-order valence-electron chi connectivity index (χ3n) is 5.55.